The van der Waals surface area contributed by atoms with Crippen molar-refractivity contribution in [3.05, 3.63) is 24.3 Å². The number of ketones is 1. The Morgan fingerprint density at radius 3 is 2.28 bits per heavy atom. The van der Waals surface area contributed by atoms with Crippen molar-refractivity contribution in [1.82, 2.24) is 0 Å². The molecule has 0 radical (unpaired) electrons. The first kappa shape index (κ1) is 28.6. The number of methoxy groups -OCH3 is 2. The highest BCUT2D eigenvalue weighted by atomic mass is 16.5. The van der Waals surface area contributed by atoms with Gasteiger partial charge < -0.3 is 14.6 Å². The number of esters is 1. The highest BCUT2D eigenvalue weighted by molar-refractivity contribution is 5.83. The highest BCUT2D eigenvalue weighted by Crippen LogP contribution is 2.38. The van der Waals surface area contributed by atoms with Crippen LogP contribution >= 0.6 is 0 Å². The first-order valence-corrected chi connectivity index (χ1v) is 12.3. The number of allylic oxidation sites excluding steroid dienone is 3. The molecule has 1 fully saturated rings. The number of carbonyl (C=O) groups excluding carboxylic acids is 2. The molecule has 184 valence electrons. The summed E-state index contributed by atoms with van der Waals surface area (Å²) in [6.07, 6.45) is 18.0. The Balaban J connectivity index is 2.35. The average Bonchev–Trinajstić information content (AvgIpc) is 3.05. The second kappa shape index (κ2) is 15.4. The predicted molar refractivity (Wildman–Crippen MR) is 129 cm³/mol. The van der Waals surface area contributed by atoms with E-state index in [-0.39, 0.29) is 35.4 Å². The second-order valence-electron chi connectivity index (χ2n) is 10.0. The summed E-state index contributed by atoms with van der Waals surface area (Å²) in [6, 6.07) is 0. The van der Waals surface area contributed by atoms with Gasteiger partial charge in [-0.25, -0.2) is 0 Å². The van der Waals surface area contributed by atoms with Crippen molar-refractivity contribution >= 4 is 11.8 Å². The van der Waals surface area contributed by atoms with Crippen LogP contribution in [0.15, 0.2) is 24.3 Å². The van der Waals surface area contributed by atoms with E-state index in [0.717, 1.165) is 51.4 Å². The van der Waals surface area contributed by atoms with Gasteiger partial charge in [-0.3, -0.25) is 9.59 Å². The molecule has 1 aliphatic rings. The maximum atomic E-state index is 12.0. The van der Waals surface area contributed by atoms with E-state index in [1.54, 1.807) is 7.11 Å². The molecular weight excluding hydrogens is 404 g/mol. The van der Waals surface area contributed by atoms with Crippen LogP contribution < -0.4 is 0 Å². The molecule has 0 amide bonds. The van der Waals surface area contributed by atoms with E-state index in [1.807, 2.05) is 20.8 Å². The molecule has 0 aromatic rings. The van der Waals surface area contributed by atoms with Gasteiger partial charge >= 0.3 is 5.97 Å². The van der Waals surface area contributed by atoms with E-state index in [4.69, 9.17) is 4.74 Å². The fraction of sp³-hybridized carbons (Fsp3) is 0.778. The van der Waals surface area contributed by atoms with Crippen LogP contribution in [0.5, 0.6) is 0 Å². The quantitative estimate of drug-likeness (QED) is 0.194. The summed E-state index contributed by atoms with van der Waals surface area (Å²) in [6.45, 7) is 5.96. The van der Waals surface area contributed by atoms with Gasteiger partial charge in [-0.1, -0.05) is 57.9 Å². The third kappa shape index (κ3) is 10.9. The molecule has 1 aliphatic carbocycles. The summed E-state index contributed by atoms with van der Waals surface area (Å²) >= 11 is 0. The lowest BCUT2D eigenvalue weighted by Gasteiger charge is -2.20. The Morgan fingerprint density at radius 2 is 1.62 bits per heavy atom. The van der Waals surface area contributed by atoms with Crippen LogP contribution in [0.25, 0.3) is 0 Å². The summed E-state index contributed by atoms with van der Waals surface area (Å²) in [5.41, 5.74) is -0.221. The van der Waals surface area contributed by atoms with E-state index in [1.165, 1.54) is 7.11 Å². The SMILES string of the molecule is COC(=O)CCC/C=C\CC1[C@@H](/C=C/CCCCCCC(=O)C(C)(C)C)[C@H](OC)C[C@@H]1O. The Kier molecular flexibility index (Phi) is 13.7. The predicted octanol–water partition coefficient (Wildman–Crippen LogP) is 5.80. The summed E-state index contributed by atoms with van der Waals surface area (Å²) in [5.74, 6) is 0.568. The van der Waals surface area contributed by atoms with E-state index in [2.05, 4.69) is 29.0 Å². The number of ether oxygens (including phenoxy) is 2. The standard InChI is InChI=1S/C27H46O5/c1-27(2,3)25(29)18-14-9-7-6-8-13-17-22-21(23(28)20-24(22)31-4)16-12-10-11-15-19-26(30)32-5/h10,12-13,17,21-24,28H,6-9,11,14-16,18-20H2,1-5H3/b12-10-,17-13+/t21?,22-,23+,24-/m1/s1. The molecule has 0 heterocycles. The monoisotopic (exact) mass is 450 g/mol. The van der Waals surface area contributed by atoms with Crippen molar-refractivity contribution in [3.8, 4) is 0 Å². The minimum Gasteiger partial charge on any atom is -0.469 e. The third-order valence-electron chi connectivity index (χ3n) is 6.47. The Morgan fingerprint density at radius 1 is 0.938 bits per heavy atom. The molecular formula is C27H46O5. The normalized spacial score (nSPS) is 23.9. The summed E-state index contributed by atoms with van der Waals surface area (Å²) in [5, 5.41) is 10.5. The zero-order valence-electron chi connectivity index (χ0n) is 21.0. The minimum atomic E-state index is -0.352. The molecule has 0 saturated heterocycles. The van der Waals surface area contributed by atoms with Gasteiger partial charge in [0.1, 0.15) is 5.78 Å². The number of aliphatic hydroxyl groups excluding tert-OH is 1. The molecule has 32 heavy (non-hydrogen) atoms. The van der Waals surface area contributed by atoms with Crippen LogP contribution in [0.4, 0.5) is 0 Å². The molecule has 5 heteroatoms. The Labute approximate surface area is 195 Å². The first-order chi connectivity index (χ1) is 15.2. The van der Waals surface area contributed by atoms with Crippen molar-refractivity contribution in [2.45, 2.75) is 104 Å². The zero-order chi connectivity index (χ0) is 24.0. The summed E-state index contributed by atoms with van der Waals surface area (Å²) in [7, 11) is 3.14. The molecule has 1 unspecified atom stereocenters. The zero-order valence-corrected chi connectivity index (χ0v) is 21.0. The van der Waals surface area contributed by atoms with Gasteiger partial charge in [-0.2, -0.15) is 0 Å². The number of unbranched alkanes of at least 4 members (excludes halogenated alkanes) is 5. The molecule has 1 N–H and O–H groups in total. The van der Waals surface area contributed by atoms with Gasteiger partial charge in [0, 0.05) is 37.7 Å². The second-order valence-corrected chi connectivity index (χ2v) is 10.0. The Hall–Kier alpha value is -1.46. The smallest absolute Gasteiger partial charge is 0.305 e. The lowest BCUT2D eigenvalue weighted by atomic mass is 9.87. The highest BCUT2D eigenvalue weighted by Gasteiger charge is 2.40. The van der Waals surface area contributed by atoms with Crippen molar-refractivity contribution in [1.29, 1.82) is 0 Å². The van der Waals surface area contributed by atoms with Gasteiger partial charge in [0.2, 0.25) is 0 Å². The lowest BCUT2D eigenvalue weighted by Crippen LogP contribution is -2.21. The average molecular weight is 451 g/mol. The van der Waals surface area contributed by atoms with Crippen molar-refractivity contribution < 1.29 is 24.2 Å². The summed E-state index contributed by atoms with van der Waals surface area (Å²) < 4.78 is 10.3. The van der Waals surface area contributed by atoms with E-state index in [9.17, 15) is 14.7 Å². The molecule has 4 atom stereocenters. The minimum absolute atomic E-state index is 0.0578. The Bertz CT molecular complexity index is 602. The number of carbonyl (C=O) groups is 2. The van der Waals surface area contributed by atoms with Crippen LogP contribution in [0, 0.1) is 17.3 Å². The molecule has 0 spiro atoms. The maximum absolute atomic E-state index is 12.0. The first-order valence-electron chi connectivity index (χ1n) is 12.3. The lowest BCUT2D eigenvalue weighted by molar-refractivity contribution is -0.140. The molecule has 0 aromatic carbocycles. The fourth-order valence-corrected chi connectivity index (χ4v) is 4.30. The van der Waals surface area contributed by atoms with Crippen LogP contribution in [0.2, 0.25) is 0 Å². The van der Waals surface area contributed by atoms with Crippen LogP contribution in [-0.4, -0.2) is 43.3 Å². The molecule has 1 saturated carbocycles. The molecule has 0 bridgehead atoms. The molecule has 0 aromatic heterocycles. The molecule has 0 aliphatic heterocycles. The van der Waals surface area contributed by atoms with Crippen molar-refractivity contribution in [2.24, 2.45) is 17.3 Å². The van der Waals surface area contributed by atoms with Crippen LogP contribution in [0.3, 0.4) is 0 Å². The maximum Gasteiger partial charge on any atom is 0.305 e. The fourth-order valence-electron chi connectivity index (χ4n) is 4.30. The van der Waals surface area contributed by atoms with Crippen molar-refractivity contribution in [3.63, 3.8) is 0 Å². The van der Waals surface area contributed by atoms with Gasteiger partial charge in [0.15, 0.2) is 0 Å². The van der Waals surface area contributed by atoms with Gasteiger partial charge in [0.05, 0.1) is 19.3 Å². The molecule has 5 nitrogen and oxygen atoms in total. The number of hydrogen-bond donors (Lipinski definition) is 1. The van der Waals surface area contributed by atoms with Gasteiger partial charge in [0.25, 0.3) is 0 Å². The van der Waals surface area contributed by atoms with Crippen LogP contribution in [-0.2, 0) is 19.1 Å². The number of rotatable bonds is 15. The summed E-state index contributed by atoms with van der Waals surface area (Å²) in [4.78, 5) is 23.1. The van der Waals surface area contributed by atoms with E-state index in [0.29, 0.717) is 25.0 Å². The topological polar surface area (TPSA) is 72.8 Å². The van der Waals surface area contributed by atoms with Crippen LogP contribution in [0.1, 0.15) is 91.4 Å². The number of hydrogen-bond acceptors (Lipinski definition) is 5. The van der Waals surface area contributed by atoms with Crippen molar-refractivity contribution in [2.75, 3.05) is 14.2 Å². The number of Topliss-reactive ketones (excluding diaryl/α,β-unsaturated/α-hetero) is 1. The molecule has 1 rings (SSSR count). The van der Waals surface area contributed by atoms with Gasteiger partial charge in [-0.15, -0.1) is 0 Å². The third-order valence-corrected chi connectivity index (χ3v) is 6.47. The van der Waals surface area contributed by atoms with E-state index < -0.39 is 0 Å². The number of aliphatic hydroxyl groups is 1. The van der Waals surface area contributed by atoms with E-state index >= 15 is 0 Å². The van der Waals surface area contributed by atoms with Gasteiger partial charge in [-0.05, 0) is 44.4 Å². The largest absolute Gasteiger partial charge is 0.469 e.